The predicted molar refractivity (Wildman–Crippen MR) is 52.4 cm³/mol. The fourth-order valence-corrected chi connectivity index (χ4v) is 1.72. The highest BCUT2D eigenvalue weighted by Crippen LogP contribution is 2.18. The molecule has 0 aromatic heterocycles. The maximum absolute atomic E-state index is 10.7. The Morgan fingerprint density at radius 3 is 2.85 bits per heavy atom. The Morgan fingerprint density at radius 2 is 2.46 bits per heavy atom. The number of carbonyl (C=O) groups is 1. The van der Waals surface area contributed by atoms with Crippen molar-refractivity contribution in [3.05, 3.63) is 0 Å². The lowest BCUT2D eigenvalue weighted by Crippen LogP contribution is -2.36. The Labute approximate surface area is 83.3 Å². The van der Waals surface area contributed by atoms with Gasteiger partial charge in [0.25, 0.3) is 0 Å². The second-order valence-corrected chi connectivity index (χ2v) is 3.90. The highest BCUT2D eigenvalue weighted by Gasteiger charge is 2.25. The highest BCUT2D eigenvalue weighted by atomic mass is 32.1. The Balaban J connectivity index is 2.34. The zero-order valence-corrected chi connectivity index (χ0v) is 8.54. The van der Waals surface area contributed by atoms with Gasteiger partial charge in [0.15, 0.2) is 0 Å². The fraction of sp³-hybridized carbons (Fsp3) is 0.875. The third-order valence-corrected chi connectivity index (χ3v) is 2.50. The predicted octanol–water partition coefficient (Wildman–Crippen LogP) is 1.07. The van der Waals surface area contributed by atoms with Crippen molar-refractivity contribution in [3.63, 3.8) is 0 Å². The normalized spacial score (nSPS) is 27.5. The maximum atomic E-state index is 10.7. The van der Waals surface area contributed by atoms with Gasteiger partial charge in [0.2, 0.25) is 0 Å². The lowest BCUT2D eigenvalue weighted by molar-refractivity contribution is 0.0713. The summed E-state index contributed by atoms with van der Waals surface area (Å²) in [7, 11) is 0. The summed E-state index contributed by atoms with van der Waals surface area (Å²) in [5.41, 5.74) is 0. The summed E-state index contributed by atoms with van der Waals surface area (Å²) in [6.07, 6.45) is -0.0142. The van der Waals surface area contributed by atoms with Crippen LogP contribution in [-0.4, -0.2) is 47.1 Å². The average molecular weight is 205 g/mol. The van der Waals surface area contributed by atoms with E-state index < -0.39 is 6.09 Å². The number of thiol groups is 1. The van der Waals surface area contributed by atoms with E-state index in [0.29, 0.717) is 19.7 Å². The number of likely N-dealkylation sites (N-methyl/N-ethyl adjacent to an activating group) is 1. The van der Waals surface area contributed by atoms with E-state index in [2.05, 4.69) is 12.6 Å². The molecule has 1 saturated heterocycles. The molecule has 0 aromatic carbocycles. The topological polar surface area (TPSA) is 49.8 Å². The van der Waals surface area contributed by atoms with Gasteiger partial charge in [-0.3, -0.25) is 0 Å². The van der Waals surface area contributed by atoms with Crippen molar-refractivity contribution in [1.82, 2.24) is 4.90 Å². The second kappa shape index (κ2) is 4.72. The Kier molecular flexibility index (Phi) is 3.87. The molecule has 1 fully saturated rings. The van der Waals surface area contributed by atoms with Crippen LogP contribution >= 0.6 is 12.6 Å². The standard InChI is InChI=1S/C8H15NO3S/c1-2-9(8(10)11)4-6-3-7(13)5-12-6/h6-7,13H,2-5H2,1H3,(H,10,11)/t6-,7+/m0/s1. The van der Waals surface area contributed by atoms with Crippen LogP contribution in [0.3, 0.4) is 0 Å². The fourth-order valence-electron chi connectivity index (χ4n) is 1.40. The van der Waals surface area contributed by atoms with E-state index in [1.54, 1.807) is 0 Å². The van der Waals surface area contributed by atoms with E-state index in [1.807, 2.05) is 6.92 Å². The summed E-state index contributed by atoms with van der Waals surface area (Å²) in [5, 5.41) is 9.01. The van der Waals surface area contributed by atoms with Crippen LogP contribution in [0.1, 0.15) is 13.3 Å². The van der Waals surface area contributed by atoms with E-state index in [0.717, 1.165) is 6.42 Å². The van der Waals surface area contributed by atoms with Crippen molar-refractivity contribution in [2.75, 3.05) is 19.7 Å². The van der Waals surface area contributed by atoms with E-state index >= 15 is 0 Å². The van der Waals surface area contributed by atoms with Gasteiger partial charge in [-0.05, 0) is 13.3 Å². The Morgan fingerprint density at radius 1 is 1.77 bits per heavy atom. The van der Waals surface area contributed by atoms with Crippen molar-refractivity contribution in [2.45, 2.75) is 24.7 Å². The van der Waals surface area contributed by atoms with Crippen LogP contribution in [0.2, 0.25) is 0 Å². The summed E-state index contributed by atoms with van der Waals surface area (Å²) in [4.78, 5) is 12.0. The van der Waals surface area contributed by atoms with Crippen LogP contribution in [0.5, 0.6) is 0 Å². The first-order valence-corrected chi connectivity index (χ1v) is 4.92. The van der Waals surface area contributed by atoms with Gasteiger partial charge in [-0.2, -0.15) is 12.6 Å². The zero-order chi connectivity index (χ0) is 9.84. The van der Waals surface area contributed by atoms with E-state index in [-0.39, 0.29) is 11.4 Å². The van der Waals surface area contributed by atoms with Gasteiger partial charge in [0, 0.05) is 11.8 Å². The maximum Gasteiger partial charge on any atom is 0.407 e. The molecule has 4 nitrogen and oxygen atoms in total. The molecule has 1 N–H and O–H groups in total. The summed E-state index contributed by atoms with van der Waals surface area (Å²) in [6.45, 7) is 3.42. The summed E-state index contributed by atoms with van der Waals surface area (Å²) >= 11 is 4.26. The van der Waals surface area contributed by atoms with Crippen LogP contribution in [0.4, 0.5) is 4.79 Å². The van der Waals surface area contributed by atoms with E-state index in [4.69, 9.17) is 9.84 Å². The lowest BCUT2D eigenvalue weighted by atomic mass is 10.2. The molecule has 0 aromatic rings. The first kappa shape index (κ1) is 10.7. The summed E-state index contributed by atoms with van der Waals surface area (Å²) < 4.78 is 5.37. The van der Waals surface area contributed by atoms with Crippen LogP contribution < -0.4 is 0 Å². The van der Waals surface area contributed by atoms with Gasteiger partial charge in [0.1, 0.15) is 0 Å². The van der Waals surface area contributed by atoms with Gasteiger partial charge in [-0.1, -0.05) is 0 Å². The average Bonchev–Trinajstić information content (AvgIpc) is 2.46. The first-order valence-electron chi connectivity index (χ1n) is 4.41. The van der Waals surface area contributed by atoms with Crippen molar-refractivity contribution in [3.8, 4) is 0 Å². The number of ether oxygens (including phenoxy) is 1. The molecular formula is C8H15NO3S. The second-order valence-electron chi connectivity index (χ2n) is 3.17. The van der Waals surface area contributed by atoms with Crippen molar-refractivity contribution in [1.29, 1.82) is 0 Å². The summed E-state index contributed by atoms with van der Waals surface area (Å²) in [6, 6.07) is 0. The molecule has 76 valence electrons. The highest BCUT2D eigenvalue weighted by molar-refractivity contribution is 7.81. The van der Waals surface area contributed by atoms with Gasteiger partial charge in [-0.25, -0.2) is 4.79 Å². The molecule has 1 aliphatic heterocycles. The number of hydrogen-bond donors (Lipinski definition) is 2. The van der Waals surface area contributed by atoms with Gasteiger partial charge >= 0.3 is 6.09 Å². The van der Waals surface area contributed by atoms with E-state index in [9.17, 15) is 4.79 Å². The molecule has 5 heteroatoms. The molecule has 13 heavy (non-hydrogen) atoms. The smallest absolute Gasteiger partial charge is 0.407 e. The third kappa shape index (κ3) is 3.08. The van der Waals surface area contributed by atoms with Gasteiger partial charge in [0.05, 0.1) is 19.3 Å². The molecule has 0 bridgehead atoms. The first-order chi connectivity index (χ1) is 6.13. The minimum Gasteiger partial charge on any atom is -0.465 e. The lowest BCUT2D eigenvalue weighted by Gasteiger charge is -2.20. The Bertz CT molecular complexity index is 188. The van der Waals surface area contributed by atoms with Crippen LogP contribution in [0.15, 0.2) is 0 Å². The number of nitrogens with zero attached hydrogens (tertiary/aromatic N) is 1. The number of rotatable bonds is 3. The minimum absolute atomic E-state index is 0.0264. The number of hydrogen-bond acceptors (Lipinski definition) is 3. The molecule has 1 rings (SSSR count). The molecule has 1 amide bonds. The van der Waals surface area contributed by atoms with Crippen molar-refractivity contribution < 1.29 is 14.6 Å². The Hall–Kier alpha value is -0.420. The molecule has 0 spiro atoms. The van der Waals surface area contributed by atoms with Crippen LogP contribution in [0.25, 0.3) is 0 Å². The number of carboxylic acid groups (broad SMARTS) is 1. The molecule has 0 aliphatic carbocycles. The van der Waals surface area contributed by atoms with Crippen molar-refractivity contribution in [2.24, 2.45) is 0 Å². The van der Waals surface area contributed by atoms with E-state index in [1.165, 1.54) is 4.90 Å². The molecular weight excluding hydrogens is 190 g/mol. The van der Waals surface area contributed by atoms with Gasteiger partial charge in [-0.15, -0.1) is 0 Å². The van der Waals surface area contributed by atoms with Crippen LogP contribution in [-0.2, 0) is 4.74 Å². The monoisotopic (exact) mass is 205 g/mol. The molecule has 1 aliphatic rings. The van der Waals surface area contributed by atoms with Crippen molar-refractivity contribution >= 4 is 18.7 Å². The van der Waals surface area contributed by atoms with Gasteiger partial charge < -0.3 is 14.7 Å². The largest absolute Gasteiger partial charge is 0.465 e. The molecule has 1 heterocycles. The molecule has 0 saturated carbocycles. The SMILES string of the molecule is CCN(C[C@@H]1C[C@@H](S)CO1)C(=O)O. The number of amides is 1. The molecule has 0 radical (unpaired) electrons. The summed E-state index contributed by atoms with van der Waals surface area (Å²) in [5.74, 6) is 0. The zero-order valence-electron chi connectivity index (χ0n) is 7.64. The quantitative estimate of drug-likeness (QED) is 0.678. The minimum atomic E-state index is -0.881. The molecule has 2 atom stereocenters. The van der Waals surface area contributed by atoms with Crippen LogP contribution in [0, 0.1) is 0 Å². The molecule has 0 unspecified atom stereocenters. The third-order valence-electron chi connectivity index (χ3n) is 2.14.